The van der Waals surface area contributed by atoms with Crippen LogP contribution in [-0.2, 0) is 5.41 Å². The van der Waals surface area contributed by atoms with E-state index in [1.54, 1.807) is 0 Å². The lowest BCUT2D eigenvalue weighted by atomic mass is 9.65. The van der Waals surface area contributed by atoms with E-state index in [0.717, 1.165) is 94.2 Å². The van der Waals surface area contributed by atoms with E-state index in [9.17, 15) is 0 Å². The third-order valence-electron chi connectivity index (χ3n) is 12.2. The fraction of sp³-hybridized carbons (Fsp3) is 0.0182. The molecule has 0 N–H and O–H groups in total. The Morgan fingerprint density at radius 3 is 1.65 bits per heavy atom. The molecule has 1 unspecified atom stereocenters. The summed E-state index contributed by atoms with van der Waals surface area (Å²) in [7, 11) is 0. The van der Waals surface area contributed by atoms with Gasteiger partial charge < -0.3 is 4.74 Å². The number of hydrogen-bond acceptors (Lipinski definition) is 4. The highest BCUT2D eigenvalue weighted by molar-refractivity contribution is 5.99. The molecule has 1 spiro atoms. The van der Waals surface area contributed by atoms with Crippen LogP contribution in [0.1, 0.15) is 22.3 Å². The molecule has 278 valence electrons. The summed E-state index contributed by atoms with van der Waals surface area (Å²) in [5, 5.41) is 4.41. The molecular formula is C55H32N4O. The van der Waals surface area contributed by atoms with Crippen molar-refractivity contribution in [1.82, 2.24) is 15.0 Å². The Hall–Kier alpha value is -8.20. The Kier molecular flexibility index (Phi) is 7.44. The van der Waals surface area contributed by atoms with Crippen LogP contribution < -0.4 is 4.74 Å². The van der Waals surface area contributed by atoms with Crippen LogP contribution in [-0.4, -0.2) is 15.0 Å². The Balaban J connectivity index is 1.16. The van der Waals surface area contributed by atoms with Gasteiger partial charge in [0.25, 0.3) is 0 Å². The molecule has 0 radical (unpaired) electrons. The molecule has 5 heteroatoms. The number of para-hydroxylation sites is 1. The third kappa shape index (κ3) is 4.95. The summed E-state index contributed by atoms with van der Waals surface area (Å²) in [6.07, 6.45) is 0. The second-order valence-electron chi connectivity index (χ2n) is 15.4. The second-order valence-corrected chi connectivity index (χ2v) is 15.4. The van der Waals surface area contributed by atoms with Crippen LogP contribution in [0.25, 0.3) is 82.8 Å². The molecule has 10 aromatic rings. The van der Waals surface area contributed by atoms with Crippen LogP contribution in [0.3, 0.4) is 0 Å². The van der Waals surface area contributed by atoms with Crippen LogP contribution in [0.15, 0.2) is 194 Å². The molecule has 0 bridgehead atoms. The lowest BCUT2D eigenvalue weighted by Crippen LogP contribution is -2.32. The van der Waals surface area contributed by atoms with Gasteiger partial charge in [0.1, 0.15) is 11.5 Å². The normalized spacial score (nSPS) is 14.5. The van der Waals surface area contributed by atoms with E-state index < -0.39 is 5.41 Å². The molecule has 60 heavy (non-hydrogen) atoms. The van der Waals surface area contributed by atoms with Crippen LogP contribution in [0.5, 0.6) is 11.5 Å². The molecule has 0 saturated carbocycles. The van der Waals surface area contributed by atoms with Gasteiger partial charge in [-0.2, -0.15) is 0 Å². The number of hydrogen-bond donors (Lipinski definition) is 0. The van der Waals surface area contributed by atoms with Gasteiger partial charge in [-0.1, -0.05) is 170 Å². The topological polar surface area (TPSA) is 52.3 Å². The van der Waals surface area contributed by atoms with Crippen molar-refractivity contribution in [2.24, 2.45) is 0 Å². The first-order valence-electron chi connectivity index (χ1n) is 20.0. The maximum Gasteiger partial charge on any atom is 0.187 e. The van der Waals surface area contributed by atoms with Crippen LogP contribution in [0.2, 0.25) is 0 Å². The second kappa shape index (κ2) is 13.2. The lowest BCUT2D eigenvalue weighted by Gasteiger charge is -2.39. The van der Waals surface area contributed by atoms with Gasteiger partial charge in [0.05, 0.1) is 12.0 Å². The molecule has 5 nitrogen and oxygen atoms in total. The maximum absolute atomic E-state index is 7.71. The van der Waals surface area contributed by atoms with E-state index in [-0.39, 0.29) is 0 Å². The van der Waals surface area contributed by atoms with E-state index in [1.165, 1.54) is 0 Å². The summed E-state index contributed by atoms with van der Waals surface area (Å²) in [6.45, 7) is 7.71. The Morgan fingerprint density at radius 1 is 0.400 bits per heavy atom. The molecule has 1 aliphatic heterocycles. The Bertz CT molecular complexity index is 3350. The first-order chi connectivity index (χ1) is 29.7. The predicted molar refractivity (Wildman–Crippen MR) is 240 cm³/mol. The van der Waals surface area contributed by atoms with Crippen molar-refractivity contribution in [2.45, 2.75) is 5.41 Å². The summed E-state index contributed by atoms with van der Waals surface area (Å²) in [6, 6.07) is 67.3. The quantitative estimate of drug-likeness (QED) is 0.168. The maximum atomic E-state index is 7.71. The van der Waals surface area contributed by atoms with Crippen molar-refractivity contribution >= 4 is 27.2 Å². The summed E-state index contributed by atoms with van der Waals surface area (Å²) in [5.41, 5.74) is 11.3. The minimum Gasteiger partial charge on any atom is -0.457 e. The van der Waals surface area contributed by atoms with Crippen LogP contribution in [0.4, 0.5) is 5.69 Å². The van der Waals surface area contributed by atoms with E-state index >= 15 is 0 Å². The van der Waals surface area contributed by atoms with E-state index in [4.69, 9.17) is 26.3 Å². The van der Waals surface area contributed by atoms with Crippen molar-refractivity contribution in [1.29, 1.82) is 0 Å². The minimum absolute atomic E-state index is 0.602. The largest absolute Gasteiger partial charge is 0.457 e. The van der Waals surface area contributed by atoms with Gasteiger partial charge in [-0.25, -0.2) is 19.8 Å². The van der Waals surface area contributed by atoms with Gasteiger partial charge in [-0.15, -0.1) is 0 Å². The smallest absolute Gasteiger partial charge is 0.187 e. The highest BCUT2D eigenvalue weighted by Gasteiger charge is 2.52. The zero-order valence-corrected chi connectivity index (χ0v) is 32.2. The molecule has 2 heterocycles. The van der Waals surface area contributed by atoms with Gasteiger partial charge in [0.2, 0.25) is 0 Å². The fourth-order valence-corrected chi connectivity index (χ4v) is 9.65. The van der Waals surface area contributed by atoms with Gasteiger partial charge in [-0.05, 0) is 79.2 Å². The molecule has 0 saturated heterocycles. The first kappa shape index (κ1) is 33.9. The highest BCUT2D eigenvalue weighted by Crippen LogP contribution is 2.63. The van der Waals surface area contributed by atoms with Crippen LogP contribution >= 0.6 is 0 Å². The van der Waals surface area contributed by atoms with E-state index in [1.807, 2.05) is 24.3 Å². The number of nitrogens with zero attached hydrogens (tertiary/aromatic N) is 4. The van der Waals surface area contributed by atoms with Crippen molar-refractivity contribution < 1.29 is 4.74 Å². The minimum atomic E-state index is -0.733. The van der Waals surface area contributed by atoms with Gasteiger partial charge in [0, 0.05) is 27.8 Å². The van der Waals surface area contributed by atoms with Crippen molar-refractivity contribution in [3.8, 4) is 67.9 Å². The summed E-state index contributed by atoms with van der Waals surface area (Å²) < 4.78 is 6.76. The summed E-state index contributed by atoms with van der Waals surface area (Å²) in [4.78, 5) is 19.8. The SMILES string of the molecule is [C-]#[N+]c1cccc(-c2ccc3c(c2)C2(c4ccccc4O3)c3ccccc3-c3c(-c4nc(-c5cccc6ccccc56)nc(-c5cccc6ccccc56)n4)cccc32)c1. The number of rotatable bonds is 4. The van der Waals surface area contributed by atoms with Crippen molar-refractivity contribution in [2.75, 3.05) is 0 Å². The number of fused-ring (bicyclic) bond motifs is 11. The molecule has 2 aliphatic rings. The molecule has 0 amide bonds. The lowest BCUT2D eigenvalue weighted by molar-refractivity contribution is 0.436. The Morgan fingerprint density at radius 2 is 0.917 bits per heavy atom. The van der Waals surface area contributed by atoms with E-state index in [2.05, 4.69) is 175 Å². The van der Waals surface area contributed by atoms with Gasteiger partial charge in [-0.3, -0.25) is 0 Å². The average Bonchev–Trinajstić information content (AvgIpc) is 3.61. The number of aromatic nitrogens is 3. The van der Waals surface area contributed by atoms with Crippen molar-refractivity contribution in [3.05, 3.63) is 228 Å². The zero-order valence-electron chi connectivity index (χ0n) is 32.2. The molecule has 9 aromatic carbocycles. The van der Waals surface area contributed by atoms with Crippen LogP contribution in [0, 0.1) is 6.57 Å². The first-order valence-corrected chi connectivity index (χ1v) is 20.0. The molecule has 0 fully saturated rings. The standard InChI is InChI=1S/C55H32N4O/c1-56-38-19-10-18-36(32-38)37-30-31-50-48(33-37)55(46-27-8-9-29-49(46)60-50)45-26-7-6-22-43(45)51-44(25-13-28-47(51)55)54-58-52(41-23-11-16-34-14-2-4-20-39(34)41)57-53(59-54)42-24-12-17-35-15-3-5-21-40(35)42/h2-33H. The third-order valence-corrected chi connectivity index (χ3v) is 12.2. The predicted octanol–water partition coefficient (Wildman–Crippen LogP) is 13.9. The molecule has 1 aliphatic carbocycles. The molecule has 1 aromatic heterocycles. The molecule has 12 rings (SSSR count). The highest BCUT2D eigenvalue weighted by atomic mass is 16.5. The van der Waals surface area contributed by atoms with Gasteiger partial charge in [0.15, 0.2) is 23.2 Å². The molecular weight excluding hydrogens is 733 g/mol. The number of benzene rings is 9. The Labute approximate surface area is 346 Å². The zero-order chi connectivity index (χ0) is 39.8. The number of ether oxygens (including phenoxy) is 1. The monoisotopic (exact) mass is 764 g/mol. The van der Waals surface area contributed by atoms with Crippen molar-refractivity contribution in [3.63, 3.8) is 0 Å². The fourth-order valence-electron chi connectivity index (χ4n) is 9.65. The molecule has 1 atom stereocenters. The summed E-state index contributed by atoms with van der Waals surface area (Å²) >= 11 is 0. The average molecular weight is 765 g/mol. The summed E-state index contributed by atoms with van der Waals surface area (Å²) in [5.74, 6) is 3.45. The van der Waals surface area contributed by atoms with E-state index in [0.29, 0.717) is 23.2 Å². The van der Waals surface area contributed by atoms with Gasteiger partial charge >= 0.3 is 0 Å².